The minimum atomic E-state index is -0.924. The average molecular weight is 612 g/mol. The van der Waals surface area contributed by atoms with Crippen LogP contribution in [0.3, 0.4) is 0 Å². The standard InChI is InChI=1S/C33H28F3N7O2/c1-2-20-21-12-22(31(37)39-25(21)6-5-24(20)35)29-27(36)30-23(14-38-29)28(26-7-4-19-16-44-11-10-43(19)26)40-32(41-30)45-17-33-8-3-9-42(33)15-18(34)13-33/h1,4-7,12,14,18H,3,8-11,13,15-17H2,(H2,37,39)/t18-,33+/m1/s1. The molecule has 9 nitrogen and oxygen atoms in total. The summed E-state index contributed by atoms with van der Waals surface area (Å²) in [7, 11) is 0. The molecule has 0 unspecified atom stereocenters. The fourth-order valence-corrected chi connectivity index (χ4v) is 7.14. The number of benzene rings is 1. The van der Waals surface area contributed by atoms with E-state index in [1.807, 2.05) is 12.1 Å². The number of anilines is 1. The zero-order valence-electron chi connectivity index (χ0n) is 24.2. The van der Waals surface area contributed by atoms with Gasteiger partial charge in [-0.2, -0.15) is 9.97 Å². The second kappa shape index (κ2) is 10.4. The Labute approximate surface area is 256 Å². The van der Waals surface area contributed by atoms with Crippen LogP contribution in [0, 0.1) is 24.0 Å². The second-order valence-corrected chi connectivity index (χ2v) is 11.9. The highest BCUT2D eigenvalue weighted by atomic mass is 19.1. The van der Waals surface area contributed by atoms with Gasteiger partial charge in [0.05, 0.1) is 35.5 Å². The van der Waals surface area contributed by atoms with E-state index >= 15 is 4.39 Å². The van der Waals surface area contributed by atoms with Gasteiger partial charge in [-0.05, 0) is 49.7 Å². The highest BCUT2D eigenvalue weighted by molar-refractivity contribution is 5.96. The Morgan fingerprint density at radius 3 is 2.87 bits per heavy atom. The van der Waals surface area contributed by atoms with Crippen LogP contribution in [0.1, 0.15) is 30.5 Å². The molecular formula is C33H28F3N7O2. The third-order valence-electron chi connectivity index (χ3n) is 9.29. The smallest absolute Gasteiger partial charge is 0.317 e. The minimum Gasteiger partial charge on any atom is -0.461 e. The van der Waals surface area contributed by atoms with E-state index in [1.54, 1.807) is 0 Å². The molecule has 0 bridgehead atoms. The predicted molar refractivity (Wildman–Crippen MR) is 162 cm³/mol. The molecule has 0 amide bonds. The van der Waals surface area contributed by atoms with Crippen molar-refractivity contribution >= 4 is 27.6 Å². The molecule has 5 aromatic rings. The number of halogens is 3. The normalized spacial score (nSPS) is 21.2. The van der Waals surface area contributed by atoms with Gasteiger partial charge in [-0.3, -0.25) is 9.88 Å². The monoisotopic (exact) mass is 611 g/mol. The lowest BCUT2D eigenvalue weighted by molar-refractivity contribution is 0.0855. The summed E-state index contributed by atoms with van der Waals surface area (Å²) in [6, 6.07) is 8.00. The molecular weight excluding hydrogens is 583 g/mol. The van der Waals surface area contributed by atoms with E-state index in [4.69, 9.17) is 26.6 Å². The number of terminal acetylenes is 1. The topological polar surface area (TPSA) is 104 Å². The van der Waals surface area contributed by atoms with E-state index in [0.717, 1.165) is 30.8 Å². The van der Waals surface area contributed by atoms with Crippen molar-refractivity contribution in [2.24, 2.45) is 0 Å². The van der Waals surface area contributed by atoms with E-state index in [2.05, 4.69) is 30.3 Å². The van der Waals surface area contributed by atoms with E-state index in [9.17, 15) is 8.78 Å². The van der Waals surface area contributed by atoms with Crippen molar-refractivity contribution in [1.29, 1.82) is 0 Å². The van der Waals surface area contributed by atoms with Crippen molar-refractivity contribution in [3.63, 3.8) is 0 Å². The molecule has 7 heterocycles. The first-order chi connectivity index (χ1) is 21.8. The molecule has 2 atom stereocenters. The first-order valence-corrected chi connectivity index (χ1v) is 14.9. The van der Waals surface area contributed by atoms with Gasteiger partial charge in [0.2, 0.25) is 0 Å². The van der Waals surface area contributed by atoms with Crippen molar-refractivity contribution in [2.45, 2.75) is 44.1 Å². The first kappa shape index (κ1) is 27.8. The summed E-state index contributed by atoms with van der Waals surface area (Å²) in [6.45, 7) is 2.93. The molecule has 3 aliphatic heterocycles. The van der Waals surface area contributed by atoms with E-state index in [1.165, 1.54) is 24.4 Å². The van der Waals surface area contributed by atoms with Crippen molar-refractivity contribution in [3.05, 3.63) is 59.4 Å². The molecule has 2 saturated heterocycles. The van der Waals surface area contributed by atoms with E-state index in [-0.39, 0.29) is 40.8 Å². The number of pyridine rings is 2. The molecule has 0 saturated carbocycles. The van der Waals surface area contributed by atoms with Crippen LogP contribution in [-0.2, 0) is 17.9 Å². The lowest BCUT2D eigenvalue weighted by Crippen LogP contribution is -2.43. The van der Waals surface area contributed by atoms with Gasteiger partial charge in [0.15, 0.2) is 5.82 Å². The van der Waals surface area contributed by atoms with Gasteiger partial charge < -0.3 is 19.8 Å². The average Bonchev–Trinajstić information content (AvgIpc) is 3.72. The van der Waals surface area contributed by atoms with Crippen molar-refractivity contribution in [3.8, 4) is 41.0 Å². The molecule has 0 radical (unpaired) electrons. The second-order valence-electron chi connectivity index (χ2n) is 11.9. The third kappa shape index (κ3) is 4.41. The molecule has 2 fully saturated rings. The van der Waals surface area contributed by atoms with Crippen molar-refractivity contribution in [2.75, 3.05) is 32.0 Å². The summed E-state index contributed by atoms with van der Waals surface area (Å²) in [5, 5.41) is 0.671. The Morgan fingerprint density at radius 1 is 1.11 bits per heavy atom. The third-order valence-corrected chi connectivity index (χ3v) is 9.29. The van der Waals surface area contributed by atoms with E-state index < -0.39 is 23.3 Å². The van der Waals surface area contributed by atoms with Crippen molar-refractivity contribution in [1.82, 2.24) is 29.4 Å². The lowest BCUT2D eigenvalue weighted by atomic mass is 9.95. The SMILES string of the molecule is C#Cc1c(F)ccc2nc(N)c(-c3ncc4c(-c5ccc6n5CCOC6)nc(OC[C@@]56CCCN5C[C@H](F)C6)nc4c3F)cc12. The maximum Gasteiger partial charge on any atom is 0.317 e. The van der Waals surface area contributed by atoms with Crippen LogP contribution in [0.5, 0.6) is 6.01 Å². The molecule has 0 aliphatic carbocycles. The quantitative estimate of drug-likeness (QED) is 0.276. The van der Waals surface area contributed by atoms with Gasteiger partial charge in [0.25, 0.3) is 0 Å². The first-order valence-electron chi connectivity index (χ1n) is 14.9. The molecule has 0 spiro atoms. The number of rotatable bonds is 5. The van der Waals surface area contributed by atoms with Crippen LogP contribution in [-0.4, -0.2) is 67.4 Å². The Kier molecular flexibility index (Phi) is 6.44. The van der Waals surface area contributed by atoms with Crippen LogP contribution in [0.2, 0.25) is 0 Å². The maximum absolute atomic E-state index is 16.7. The molecule has 12 heteroatoms. The van der Waals surface area contributed by atoms with Gasteiger partial charge >= 0.3 is 6.01 Å². The highest BCUT2D eigenvalue weighted by Crippen LogP contribution is 2.41. The van der Waals surface area contributed by atoms with Gasteiger partial charge in [-0.25, -0.2) is 18.2 Å². The summed E-state index contributed by atoms with van der Waals surface area (Å²) in [4.78, 5) is 20.2. The van der Waals surface area contributed by atoms with Crippen molar-refractivity contribution < 1.29 is 22.6 Å². The highest BCUT2D eigenvalue weighted by Gasteiger charge is 2.49. The Bertz CT molecular complexity index is 2060. The van der Waals surface area contributed by atoms with Crippen LogP contribution in [0.4, 0.5) is 19.0 Å². The number of fused-ring (bicyclic) bond motifs is 4. The Morgan fingerprint density at radius 2 is 2.00 bits per heavy atom. The largest absolute Gasteiger partial charge is 0.461 e. The van der Waals surface area contributed by atoms with Crippen LogP contribution in [0.25, 0.3) is 44.5 Å². The molecule has 2 N–H and O–H groups in total. The van der Waals surface area contributed by atoms with Gasteiger partial charge in [-0.15, -0.1) is 6.42 Å². The van der Waals surface area contributed by atoms with Crippen LogP contribution >= 0.6 is 0 Å². The molecule has 45 heavy (non-hydrogen) atoms. The number of hydrogen-bond donors (Lipinski definition) is 1. The van der Waals surface area contributed by atoms with Crippen LogP contribution < -0.4 is 10.5 Å². The fourth-order valence-electron chi connectivity index (χ4n) is 7.14. The summed E-state index contributed by atoms with van der Waals surface area (Å²) >= 11 is 0. The summed E-state index contributed by atoms with van der Waals surface area (Å²) in [5.74, 6) is 0.971. The van der Waals surface area contributed by atoms with Crippen LogP contribution in [0.15, 0.2) is 36.5 Å². The number of alkyl halides is 1. The summed E-state index contributed by atoms with van der Waals surface area (Å²) < 4.78 is 59.5. The number of ether oxygens (including phenoxy) is 2. The number of nitrogens with zero attached hydrogens (tertiary/aromatic N) is 6. The molecule has 8 rings (SSSR count). The lowest BCUT2D eigenvalue weighted by Gasteiger charge is -2.30. The predicted octanol–water partition coefficient (Wildman–Crippen LogP) is 5.04. The van der Waals surface area contributed by atoms with Gasteiger partial charge in [0, 0.05) is 47.7 Å². The number of aromatic nitrogens is 5. The summed E-state index contributed by atoms with van der Waals surface area (Å²) in [6.07, 6.45) is 8.28. The minimum absolute atomic E-state index is 0.00308. The summed E-state index contributed by atoms with van der Waals surface area (Å²) in [5.41, 5.74) is 8.33. The molecule has 4 aromatic heterocycles. The Hall–Kier alpha value is -4.73. The zero-order chi connectivity index (χ0) is 30.9. The fraction of sp³-hybridized carbons (Fsp3) is 0.333. The number of nitrogens with two attached hydrogens (primary N) is 1. The molecule has 228 valence electrons. The van der Waals surface area contributed by atoms with E-state index in [0.29, 0.717) is 54.7 Å². The van der Waals surface area contributed by atoms with Gasteiger partial charge in [0.1, 0.15) is 41.3 Å². The number of nitrogen functional groups attached to an aromatic ring is 1. The molecule has 1 aromatic carbocycles. The maximum atomic E-state index is 16.7. The Balaban J connectivity index is 1.29. The number of hydrogen-bond acceptors (Lipinski definition) is 8. The molecule has 3 aliphatic rings. The van der Waals surface area contributed by atoms with Gasteiger partial charge in [-0.1, -0.05) is 5.92 Å². The zero-order valence-corrected chi connectivity index (χ0v) is 24.2.